The molecule has 0 atom stereocenters. The Kier molecular flexibility index (Phi) is 5.36. The summed E-state index contributed by atoms with van der Waals surface area (Å²) in [4.78, 5) is 28.0. The minimum Gasteiger partial charge on any atom is -0.487 e. The minimum atomic E-state index is -0.285. The van der Waals surface area contributed by atoms with Crippen LogP contribution in [0.4, 0.5) is 5.69 Å². The van der Waals surface area contributed by atoms with Gasteiger partial charge in [0.25, 0.3) is 5.56 Å². The Labute approximate surface area is 150 Å². The summed E-state index contributed by atoms with van der Waals surface area (Å²) >= 11 is 0. The quantitative estimate of drug-likeness (QED) is 0.703. The van der Waals surface area contributed by atoms with E-state index in [4.69, 9.17) is 9.26 Å². The van der Waals surface area contributed by atoms with Crippen molar-refractivity contribution in [3.8, 4) is 5.75 Å². The SMILES string of the molecule is CCCCC(=O)Nc1ccc(OCc2cc(=O)n3oc(C)cc3n2)cc1. The number of rotatable bonds is 7. The number of unbranched alkanes of at least 4 members (excludes halogenated alkanes) is 1. The van der Waals surface area contributed by atoms with Gasteiger partial charge in [0, 0.05) is 24.2 Å². The molecule has 1 amide bonds. The van der Waals surface area contributed by atoms with Crippen molar-refractivity contribution in [2.75, 3.05) is 5.32 Å². The van der Waals surface area contributed by atoms with E-state index in [2.05, 4.69) is 10.3 Å². The normalized spacial score (nSPS) is 10.8. The topological polar surface area (TPSA) is 85.8 Å². The van der Waals surface area contributed by atoms with Gasteiger partial charge in [-0.15, -0.1) is 4.57 Å². The van der Waals surface area contributed by atoms with Crippen LogP contribution in [0.5, 0.6) is 5.75 Å². The van der Waals surface area contributed by atoms with Crippen LogP contribution in [0.25, 0.3) is 5.65 Å². The highest BCUT2D eigenvalue weighted by molar-refractivity contribution is 5.90. The van der Waals surface area contributed by atoms with Crippen LogP contribution < -0.4 is 15.6 Å². The molecule has 26 heavy (non-hydrogen) atoms. The molecular weight excluding hydrogens is 334 g/mol. The highest BCUT2D eigenvalue weighted by Gasteiger charge is 2.07. The highest BCUT2D eigenvalue weighted by atomic mass is 16.5. The molecule has 7 heteroatoms. The first-order chi connectivity index (χ1) is 12.5. The standard InChI is InChI=1S/C19H21N3O4/c1-3-4-5-18(23)21-14-6-8-16(9-7-14)25-12-15-11-19(24)22-17(20-15)10-13(2)26-22/h6-11H,3-5,12H2,1-2H3,(H,21,23). The van der Waals surface area contributed by atoms with E-state index < -0.39 is 0 Å². The van der Waals surface area contributed by atoms with Gasteiger partial charge in [0.1, 0.15) is 18.1 Å². The summed E-state index contributed by atoms with van der Waals surface area (Å²) in [6, 6.07) is 10.2. The van der Waals surface area contributed by atoms with Crippen LogP contribution in [0.1, 0.15) is 37.6 Å². The van der Waals surface area contributed by atoms with Crippen LogP contribution in [0.3, 0.4) is 0 Å². The number of carbonyl (C=O) groups excluding carboxylic acids is 1. The monoisotopic (exact) mass is 355 g/mol. The number of anilines is 1. The van der Waals surface area contributed by atoms with Gasteiger partial charge in [0.15, 0.2) is 5.65 Å². The summed E-state index contributed by atoms with van der Waals surface area (Å²) in [5.41, 5.74) is 1.42. The first-order valence-corrected chi connectivity index (χ1v) is 8.57. The lowest BCUT2D eigenvalue weighted by atomic mass is 10.2. The summed E-state index contributed by atoms with van der Waals surface area (Å²) in [6.07, 6.45) is 2.38. The molecule has 3 rings (SSSR count). The summed E-state index contributed by atoms with van der Waals surface area (Å²) < 4.78 is 12.1. The van der Waals surface area contributed by atoms with Crippen molar-refractivity contribution in [1.29, 1.82) is 0 Å². The minimum absolute atomic E-state index is 0.00824. The van der Waals surface area contributed by atoms with Gasteiger partial charge >= 0.3 is 0 Å². The van der Waals surface area contributed by atoms with Crippen molar-refractivity contribution >= 4 is 17.2 Å². The maximum absolute atomic E-state index is 12.0. The van der Waals surface area contributed by atoms with Crippen LogP contribution in [0, 0.1) is 6.92 Å². The molecule has 0 aliphatic rings. The van der Waals surface area contributed by atoms with Crippen molar-refractivity contribution in [3.05, 3.63) is 58.2 Å². The Morgan fingerprint density at radius 2 is 2.04 bits per heavy atom. The predicted octanol–water partition coefficient (Wildman–Crippen LogP) is 3.30. The van der Waals surface area contributed by atoms with Gasteiger partial charge in [-0.1, -0.05) is 13.3 Å². The van der Waals surface area contributed by atoms with Crippen molar-refractivity contribution < 1.29 is 14.1 Å². The van der Waals surface area contributed by atoms with E-state index >= 15 is 0 Å². The van der Waals surface area contributed by atoms with Gasteiger partial charge in [-0.05, 0) is 37.6 Å². The molecule has 7 nitrogen and oxygen atoms in total. The number of fused-ring (bicyclic) bond motifs is 1. The van der Waals surface area contributed by atoms with Gasteiger partial charge in [-0.3, -0.25) is 9.59 Å². The Hall–Kier alpha value is -3.09. The second-order valence-corrected chi connectivity index (χ2v) is 6.05. The number of nitrogens with zero attached hydrogens (tertiary/aromatic N) is 2. The lowest BCUT2D eigenvalue weighted by Crippen LogP contribution is -2.14. The molecule has 3 aromatic rings. The smallest absolute Gasteiger partial charge is 0.287 e. The van der Waals surface area contributed by atoms with Crippen LogP contribution in [-0.2, 0) is 11.4 Å². The van der Waals surface area contributed by atoms with Crippen LogP contribution in [0.15, 0.2) is 45.7 Å². The lowest BCUT2D eigenvalue weighted by Gasteiger charge is -2.08. The van der Waals surface area contributed by atoms with Crippen LogP contribution in [0.2, 0.25) is 0 Å². The number of benzene rings is 1. The fourth-order valence-corrected chi connectivity index (χ4v) is 2.50. The third kappa shape index (κ3) is 4.30. The number of hydrogen-bond donors (Lipinski definition) is 1. The average Bonchev–Trinajstić information content (AvgIpc) is 3.00. The summed E-state index contributed by atoms with van der Waals surface area (Å²) in [5, 5.41) is 2.85. The molecule has 1 N–H and O–H groups in total. The fraction of sp³-hybridized carbons (Fsp3) is 0.316. The van der Waals surface area contributed by atoms with E-state index in [1.54, 1.807) is 37.3 Å². The number of nitrogens with one attached hydrogen (secondary N) is 1. The number of amides is 1. The molecule has 1 aromatic carbocycles. The largest absolute Gasteiger partial charge is 0.487 e. The first kappa shape index (κ1) is 17.7. The second kappa shape index (κ2) is 7.86. The van der Waals surface area contributed by atoms with E-state index in [1.807, 2.05) is 6.92 Å². The molecule has 0 aliphatic carbocycles. The molecule has 0 fully saturated rings. The Bertz CT molecular complexity index is 957. The molecule has 136 valence electrons. The fourth-order valence-electron chi connectivity index (χ4n) is 2.50. The van der Waals surface area contributed by atoms with Crippen LogP contribution in [-0.4, -0.2) is 15.5 Å². The molecule has 2 heterocycles. The third-order valence-electron chi connectivity index (χ3n) is 3.81. The first-order valence-electron chi connectivity index (χ1n) is 8.57. The number of carbonyl (C=O) groups is 1. The molecule has 0 saturated carbocycles. The molecule has 2 aromatic heterocycles. The Balaban J connectivity index is 1.61. The highest BCUT2D eigenvalue weighted by Crippen LogP contribution is 2.17. The maximum Gasteiger partial charge on any atom is 0.287 e. The summed E-state index contributed by atoms with van der Waals surface area (Å²) in [7, 11) is 0. The zero-order valence-electron chi connectivity index (χ0n) is 14.8. The average molecular weight is 355 g/mol. The van der Waals surface area contributed by atoms with Crippen molar-refractivity contribution in [2.45, 2.75) is 39.7 Å². The summed E-state index contributed by atoms with van der Waals surface area (Å²) in [6.45, 7) is 3.97. The molecule has 0 aliphatic heterocycles. The van der Waals surface area contributed by atoms with Crippen molar-refractivity contribution in [2.24, 2.45) is 0 Å². The van der Waals surface area contributed by atoms with E-state index in [0.29, 0.717) is 29.3 Å². The van der Waals surface area contributed by atoms with Crippen molar-refractivity contribution in [3.63, 3.8) is 0 Å². The van der Waals surface area contributed by atoms with Gasteiger partial charge in [-0.25, -0.2) is 4.98 Å². The second-order valence-electron chi connectivity index (χ2n) is 6.05. The lowest BCUT2D eigenvalue weighted by molar-refractivity contribution is -0.116. The van der Waals surface area contributed by atoms with Gasteiger partial charge < -0.3 is 14.6 Å². The van der Waals surface area contributed by atoms with Gasteiger partial charge in [0.05, 0.1) is 5.69 Å². The molecular formula is C19H21N3O4. The number of aryl methyl sites for hydroxylation is 1. The number of ether oxygens (including phenoxy) is 1. The van der Waals surface area contributed by atoms with Gasteiger partial charge in [0.2, 0.25) is 5.91 Å². The predicted molar refractivity (Wildman–Crippen MR) is 97.4 cm³/mol. The molecule has 0 radical (unpaired) electrons. The molecule has 0 bridgehead atoms. The molecule has 0 spiro atoms. The molecule has 0 saturated heterocycles. The van der Waals surface area contributed by atoms with E-state index in [0.717, 1.165) is 23.1 Å². The number of hydrogen-bond acceptors (Lipinski definition) is 5. The third-order valence-corrected chi connectivity index (χ3v) is 3.81. The van der Waals surface area contributed by atoms with Gasteiger partial charge in [-0.2, -0.15) is 0 Å². The zero-order valence-corrected chi connectivity index (χ0v) is 14.8. The van der Waals surface area contributed by atoms with E-state index in [9.17, 15) is 9.59 Å². The Morgan fingerprint density at radius 1 is 1.27 bits per heavy atom. The van der Waals surface area contributed by atoms with Crippen molar-refractivity contribution in [1.82, 2.24) is 9.56 Å². The van der Waals surface area contributed by atoms with E-state index in [-0.39, 0.29) is 18.1 Å². The Morgan fingerprint density at radius 3 is 2.77 bits per heavy atom. The molecule has 0 unspecified atom stereocenters. The van der Waals surface area contributed by atoms with Crippen LogP contribution >= 0.6 is 0 Å². The number of aromatic nitrogens is 2. The zero-order chi connectivity index (χ0) is 18.5. The van der Waals surface area contributed by atoms with E-state index in [1.165, 1.54) is 6.07 Å². The maximum atomic E-state index is 12.0. The summed E-state index contributed by atoms with van der Waals surface area (Å²) in [5.74, 6) is 1.25.